The van der Waals surface area contributed by atoms with Gasteiger partial charge in [0.05, 0.1) is 6.61 Å². The topological polar surface area (TPSA) is 55.4 Å². The van der Waals surface area contributed by atoms with Crippen molar-refractivity contribution >= 4 is 20.5 Å². The molecule has 0 saturated carbocycles. The van der Waals surface area contributed by atoms with Crippen molar-refractivity contribution in [1.82, 2.24) is 5.32 Å². The molecule has 1 N–H and O–H groups in total. The van der Waals surface area contributed by atoms with Crippen LogP contribution < -0.4 is 5.32 Å². The highest BCUT2D eigenvalue weighted by atomic mass is 28.3. The summed E-state index contributed by atoms with van der Waals surface area (Å²) in [4.78, 5) is 20.9. The zero-order chi connectivity index (χ0) is 11.0. The molecule has 0 aliphatic carbocycles. The van der Waals surface area contributed by atoms with Gasteiger partial charge in [0.15, 0.2) is 0 Å². The average Bonchev–Trinajstić information content (AvgIpc) is 2.02. The molecule has 0 radical (unpaired) electrons. The van der Waals surface area contributed by atoms with Gasteiger partial charge in [-0.1, -0.05) is 19.6 Å². The molecule has 5 heteroatoms. The Morgan fingerprint density at radius 3 is 2.57 bits per heavy atom. The molecule has 0 aromatic carbocycles. The Kier molecular flexibility index (Phi) is 6.19. The number of carbonyl (C=O) groups excluding carboxylic acids is 2. The lowest BCUT2D eigenvalue weighted by Crippen LogP contribution is -2.28. The summed E-state index contributed by atoms with van der Waals surface area (Å²) in [7, 11) is -1.12. The van der Waals surface area contributed by atoms with Crippen molar-refractivity contribution in [3.8, 4) is 0 Å². The van der Waals surface area contributed by atoms with Crippen molar-refractivity contribution < 1.29 is 14.3 Å². The Labute approximate surface area is 86.0 Å². The van der Waals surface area contributed by atoms with Crippen LogP contribution in [0.15, 0.2) is 0 Å². The van der Waals surface area contributed by atoms with Gasteiger partial charge in [0.1, 0.15) is 6.29 Å². The highest BCUT2D eigenvalue weighted by molar-refractivity contribution is 6.76. The van der Waals surface area contributed by atoms with E-state index in [1.165, 1.54) is 0 Å². The van der Waals surface area contributed by atoms with E-state index in [4.69, 9.17) is 4.74 Å². The highest BCUT2D eigenvalue weighted by Gasteiger charge is 2.13. The van der Waals surface area contributed by atoms with Crippen LogP contribution in [0.25, 0.3) is 0 Å². The molecule has 1 amide bonds. The third-order valence-electron chi connectivity index (χ3n) is 1.62. The van der Waals surface area contributed by atoms with Crippen molar-refractivity contribution in [2.24, 2.45) is 0 Å². The number of amides is 1. The van der Waals surface area contributed by atoms with Gasteiger partial charge in [0, 0.05) is 21.0 Å². The molecule has 0 aromatic rings. The molecular weight excluding hydrogens is 198 g/mol. The van der Waals surface area contributed by atoms with Crippen LogP contribution in [0.4, 0.5) is 4.79 Å². The van der Waals surface area contributed by atoms with Gasteiger partial charge in [-0.15, -0.1) is 0 Å². The third-order valence-corrected chi connectivity index (χ3v) is 3.32. The molecule has 0 unspecified atom stereocenters. The zero-order valence-electron chi connectivity index (χ0n) is 9.13. The smallest absolute Gasteiger partial charge is 0.407 e. The van der Waals surface area contributed by atoms with E-state index in [9.17, 15) is 9.59 Å². The molecule has 0 heterocycles. The number of ether oxygens (including phenoxy) is 1. The summed E-state index contributed by atoms with van der Waals surface area (Å²) < 4.78 is 4.93. The Bertz CT molecular complexity index is 189. The predicted molar refractivity (Wildman–Crippen MR) is 58.2 cm³/mol. The first-order valence-corrected chi connectivity index (χ1v) is 8.51. The number of hydrogen-bond acceptors (Lipinski definition) is 3. The average molecular weight is 217 g/mol. The lowest BCUT2D eigenvalue weighted by atomic mass is 10.5. The van der Waals surface area contributed by atoms with Crippen LogP contribution in [0.5, 0.6) is 0 Å². The highest BCUT2D eigenvalue weighted by Crippen LogP contribution is 2.07. The lowest BCUT2D eigenvalue weighted by molar-refractivity contribution is -0.107. The monoisotopic (exact) mass is 217 g/mol. The lowest BCUT2D eigenvalue weighted by Gasteiger charge is -2.15. The molecule has 0 aromatic heterocycles. The van der Waals surface area contributed by atoms with Crippen LogP contribution in [0.1, 0.15) is 6.42 Å². The molecule has 0 spiro atoms. The van der Waals surface area contributed by atoms with E-state index in [1.807, 2.05) is 0 Å². The minimum Gasteiger partial charge on any atom is -0.450 e. The fourth-order valence-electron chi connectivity index (χ4n) is 0.734. The Morgan fingerprint density at radius 2 is 2.07 bits per heavy atom. The molecule has 4 nitrogen and oxygen atoms in total. The molecule has 0 fully saturated rings. The van der Waals surface area contributed by atoms with Crippen LogP contribution in [0.3, 0.4) is 0 Å². The van der Waals surface area contributed by atoms with E-state index in [0.717, 1.165) is 12.3 Å². The fourth-order valence-corrected chi connectivity index (χ4v) is 1.45. The van der Waals surface area contributed by atoms with E-state index in [0.29, 0.717) is 19.6 Å². The second-order valence-electron chi connectivity index (χ2n) is 4.33. The van der Waals surface area contributed by atoms with Gasteiger partial charge >= 0.3 is 6.09 Å². The Morgan fingerprint density at radius 1 is 1.43 bits per heavy atom. The normalized spacial score (nSPS) is 10.8. The fraction of sp³-hybridized carbons (Fsp3) is 0.778. The second kappa shape index (κ2) is 6.59. The number of carbonyl (C=O) groups is 2. The number of hydrogen-bond donors (Lipinski definition) is 1. The van der Waals surface area contributed by atoms with Crippen LogP contribution in [0.2, 0.25) is 25.7 Å². The standard InChI is InChI=1S/C9H19NO3Si/c1-14(2,3)8-7-13-9(12)10-5-4-6-11/h6H,4-5,7-8H2,1-3H3,(H,10,12). The Balaban J connectivity index is 3.40. The van der Waals surface area contributed by atoms with Crippen molar-refractivity contribution in [3.05, 3.63) is 0 Å². The van der Waals surface area contributed by atoms with Gasteiger partial charge in [0.25, 0.3) is 0 Å². The first-order valence-electron chi connectivity index (χ1n) is 4.80. The van der Waals surface area contributed by atoms with Crippen LogP contribution in [-0.2, 0) is 9.53 Å². The van der Waals surface area contributed by atoms with Gasteiger partial charge in [-0.05, 0) is 6.04 Å². The van der Waals surface area contributed by atoms with Crippen molar-refractivity contribution in [1.29, 1.82) is 0 Å². The zero-order valence-corrected chi connectivity index (χ0v) is 10.1. The molecule has 0 aliphatic rings. The number of rotatable bonds is 6. The van der Waals surface area contributed by atoms with E-state index in [-0.39, 0.29) is 0 Å². The third kappa shape index (κ3) is 9.25. The largest absolute Gasteiger partial charge is 0.450 e. The van der Waals surface area contributed by atoms with E-state index in [1.54, 1.807) is 0 Å². The molecular formula is C9H19NO3Si. The molecule has 14 heavy (non-hydrogen) atoms. The van der Waals surface area contributed by atoms with Gasteiger partial charge in [0.2, 0.25) is 0 Å². The first-order chi connectivity index (χ1) is 6.45. The van der Waals surface area contributed by atoms with Gasteiger partial charge in [-0.2, -0.15) is 0 Å². The Hall–Kier alpha value is -0.843. The maximum absolute atomic E-state index is 11.0. The summed E-state index contributed by atoms with van der Waals surface area (Å²) in [5.74, 6) is 0. The maximum Gasteiger partial charge on any atom is 0.407 e. The van der Waals surface area contributed by atoms with Gasteiger partial charge in [-0.25, -0.2) is 4.79 Å². The van der Waals surface area contributed by atoms with Crippen LogP contribution >= 0.6 is 0 Å². The summed E-state index contributed by atoms with van der Waals surface area (Å²) in [6.45, 7) is 7.50. The quantitative estimate of drug-likeness (QED) is 0.418. The first kappa shape index (κ1) is 13.2. The molecule has 0 atom stereocenters. The van der Waals surface area contributed by atoms with Crippen molar-refractivity contribution in [3.63, 3.8) is 0 Å². The van der Waals surface area contributed by atoms with E-state index < -0.39 is 14.2 Å². The summed E-state index contributed by atoms with van der Waals surface area (Å²) in [6, 6.07) is 0.966. The summed E-state index contributed by atoms with van der Waals surface area (Å²) in [5, 5.41) is 2.49. The number of alkyl carbamates (subject to hydrolysis) is 1. The van der Waals surface area contributed by atoms with Crippen LogP contribution in [0, 0.1) is 0 Å². The van der Waals surface area contributed by atoms with Gasteiger partial charge < -0.3 is 14.8 Å². The van der Waals surface area contributed by atoms with Gasteiger partial charge in [-0.3, -0.25) is 0 Å². The predicted octanol–water partition coefficient (Wildman–Crippen LogP) is 1.64. The van der Waals surface area contributed by atoms with E-state index in [2.05, 4.69) is 25.0 Å². The van der Waals surface area contributed by atoms with Crippen molar-refractivity contribution in [2.75, 3.05) is 13.2 Å². The number of nitrogens with one attached hydrogen (secondary N) is 1. The minimum atomic E-state index is -1.12. The summed E-state index contributed by atoms with van der Waals surface area (Å²) in [5.41, 5.74) is 0. The molecule has 0 rings (SSSR count). The molecule has 0 saturated heterocycles. The molecule has 82 valence electrons. The second-order valence-corrected chi connectivity index (χ2v) is 9.95. The SMILES string of the molecule is C[Si](C)(C)CCOC(=O)NCCC=O. The summed E-state index contributed by atoms with van der Waals surface area (Å²) in [6.07, 6.45) is 0.677. The minimum absolute atomic E-state index is 0.336. The molecule has 0 bridgehead atoms. The summed E-state index contributed by atoms with van der Waals surface area (Å²) >= 11 is 0. The maximum atomic E-state index is 11.0. The number of aldehydes is 1. The van der Waals surface area contributed by atoms with Crippen LogP contribution in [-0.4, -0.2) is 33.6 Å². The van der Waals surface area contributed by atoms with E-state index >= 15 is 0 Å². The van der Waals surface area contributed by atoms with Crippen molar-refractivity contribution in [2.45, 2.75) is 32.1 Å². The molecule has 0 aliphatic heterocycles.